The van der Waals surface area contributed by atoms with Gasteiger partial charge in [0.25, 0.3) is 5.91 Å². The van der Waals surface area contributed by atoms with E-state index in [-0.39, 0.29) is 30.7 Å². The normalized spacial score (nSPS) is 31.3. The zero-order valence-corrected chi connectivity index (χ0v) is 11.7. The Morgan fingerprint density at radius 1 is 1.50 bits per heavy atom. The maximum Gasteiger partial charge on any atom is 0.258 e. The van der Waals surface area contributed by atoms with Crippen molar-refractivity contribution in [1.82, 2.24) is 5.32 Å². The first kappa shape index (κ1) is 13.7. The molecule has 1 heterocycles. The minimum Gasteiger partial charge on any atom is -0.482 e. The molecule has 0 unspecified atom stereocenters. The van der Waals surface area contributed by atoms with Gasteiger partial charge >= 0.3 is 0 Å². The first-order chi connectivity index (χ1) is 9.66. The van der Waals surface area contributed by atoms with Crippen LogP contribution in [0.1, 0.15) is 6.42 Å². The summed E-state index contributed by atoms with van der Waals surface area (Å²) in [6.07, 6.45) is 1.04. The second-order valence-electron chi connectivity index (χ2n) is 5.18. The molecule has 0 radical (unpaired) electrons. The molecule has 1 aliphatic heterocycles. The fourth-order valence-corrected chi connectivity index (χ4v) is 3.05. The van der Waals surface area contributed by atoms with E-state index < -0.39 is 0 Å². The van der Waals surface area contributed by atoms with Crippen molar-refractivity contribution in [2.24, 2.45) is 11.7 Å². The van der Waals surface area contributed by atoms with Crippen LogP contribution in [0.2, 0.25) is 5.02 Å². The molecule has 1 amide bonds. The van der Waals surface area contributed by atoms with Gasteiger partial charge in [0.05, 0.1) is 17.2 Å². The number of hydrogen-bond acceptors (Lipinski definition) is 4. The lowest BCUT2D eigenvalue weighted by molar-refractivity contribution is -0.127. The highest BCUT2D eigenvalue weighted by atomic mass is 35.5. The SMILES string of the molecule is N[C@H]1[C@H]2CCO[C@H]2[C@@H]1NC(=O)COc1ccccc1Cl. The second-order valence-corrected chi connectivity index (χ2v) is 5.58. The van der Waals surface area contributed by atoms with Crippen LogP contribution in [0.5, 0.6) is 5.75 Å². The summed E-state index contributed by atoms with van der Waals surface area (Å²) in [7, 11) is 0. The number of benzene rings is 1. The fraction of sp³-hybridized carbons (Fsp3) is 0.500. The van der Waals surface area contributed by atoms with Gasteiger partial charge in [0, 0.05) is 18.6 Å². The Morgan fingerprint density at radius 2 is 2.30 bits per heavy atom. The van der Waals surface area contributed by atoms with Gasteiger partial charge in [0.1, 0.15) is 5.75 Å². The summed E-state index contributed by atoms with van der Waals surface area (Å²) in [4.78, 5) is 11.9. The number of fused-ring (bicyclic) bond motifs is 1. The number of carbonyl (C=O) groups excluding carboxylic acids is 1. The van der Waals surface area contributed by atoms with Gasteiger partial charge in [-0.3, -0.25) is 4.79 Å². The van der Waals surface area contributed by atoms with Crippen LogP contribution in [0.3, 0.4) is 0 Å². The topological polar surface area (TPSA) is 73.6 Å². The lowest BCUT2D eigenvalue weighted by atomic mass is 9.72. The Bertz CT molecular complexity index is 511. The zero-order valence-electron chi connectivity index (χ0n) is 10.9. The van der Waals surface area contributed by atoms with Gasteiger partial charge in [0.15, 0.2) is 6.61 Å². The number of rotatable bonds is 4. The van der Waals surface area contributed by atoms with Crippen LogP contribution >= 0.6 is 11.6 Å². The Balaban J connectivity index is 1.50. The van der Waals surface area contributed by atoms with E-state index in [4.69, 9.17) is 26.8 Å². The number of hydrogen-bond donors (Lipinski definition) is 2. The van der Waals surface area contributed by atoms with Gasteiger partial charge in [0.2, 0.25) is 0 Å². The summed E-state index contributed by atoms with van der Waals surface area (Å²) in [5.74, 6) is 0.668. The highest BCUT2D eigenvalue weighted by Crippen LogP contribution is 2.37. The van der Waals surface area contributed by atoms with Gasteiger partial charge in [-0.15, -0.1) is 0 Å². The Morgan fingerprint density at radius 3 is 3.10 bits per heavy atom. The van der Waals surface area contributed by atoms with Crippen molar-refractivity contribution in [1.29, 1.82) is 0 Å². The van der Waals surface area contributed by atoms with Crippen molar-refractivity contribution in [2.45, 2.75) is 24.6 Å². The van der Waals surface area contributed by atoms with Gasteiger partial charge < -0.3 is 20.5 Å². The molecule has 1 aromatic carbocycles. The lowest BCUT2D eigenvalue weighted by Gasteiger charge is -2.45. The minimum atomic E-state index is -0.209. The fourth-order valence-electron chi connectivity index (χ4n) is 2.86. The van der Waals surface area contributed by atoms with Gasteiger partial charge in [-0.2, -0.15) is 0 Å². The number of nitrogens with one attached hydrogen (secondary N) is 1. The van der Waals surface area contributed by atoms with Crippen molar-refractivity contribution in [3.05, 3.63) is 29.3 Å². The van der Waals surface area contributed by atoms with E-state index in [2.05, 4.69) is 5.32 Å². The van der Waals surface area contributed by atoms with E-state index in [1.165, 1.54) is 0 Å². The van der Waals surface area contributed by atoms with Crippen molar-refractivity contribution in [3.8, 4) is 5.75 Å². The summed E-state index contributed by atoms with van der Waals surface area (Å²) >= 11 is 5.95. The van der Waals surface area contributed by atoms with Crippen LogP contribution in [0.25, 0.3) is 0 Å². The smallest absolute Gasteiger partial charge is 0.258 e. The zero-order chi connectivity index (χ0) is 14.1. The van der Waals surface area contributed by atoms with Crippen LogP contribution in [-0.2, 0) is 9.53 Å². The van der Waals surface area contributed by atoms with E-state index in [0.29, 0.717) is 16.7 Å². The maximum atomic E-state index is 11.9. The monoisotopic (exact) mass is 296 g/mol. The predicted molar refractivity (Wildman–Crippen MR) is 74.7 cm³/mol. The number of nitrogens with two attached hydrogens (primary N) is 1. The average molecular weight is 297 g/mol. The molecular weight excluding hydrogens is 280 g/mol. The molecule has 2 aliphatic rings. The minimum absolute atomic E-state index is 0.0215. The van der Waals surface area contributed by atoms with E-state index in [1.807, 2.05) is 0 Å². The first-order valence-electron chi connectivity index (χ1n) is 6.70. The molecule has 2 fully saturated rings. The molecule has 0 spiro atoms. The van der Waals surface area contributed by atoms with Crippen molar-refractivity contribution in [3.63, 3.8) is 0 Å². The quantitative estimate of drug-likeness (QED) is 0.867. The largest absolute Gasteiger partial charge is 0.482 e. The molecule has 5 nitrogen and oxygen atoms in total. The molecule has 1 aliphatic carbocycles. The molecule has 3 rings (SSSR count). The van der Waals surface area contributed by atoms with Crippen LogP contribution in [0.4, 0.5) is 0 Å². The molecule has 0 bridgehead atoms. The third-order valence-corrected chi connectivity index (χ3v) is 4.28. The molecule has 20 heavy (non-hydrogen) atoms. The Kier molecular flexibility index (Phi) is 3.83. The summed E-state index contributed by atoms with van der Waals surface area (Å²) in [5.41, 5.74) is 6.03. The highest BCUT2D eigenvalue weighted by molar-refractivity contribution is 6.32. The van der Waals surface area contributed by atoms with Gasteiger partial charge in [-0.05, 0) is 18.6 Å². The Hall–Kier alpha value is -1.30. The molecule has 1 saturated heterocycles. The molecule has 1 saturated carbocycles. The lowest BCUT2D eigenvalue weighted by Crippen LogP contribution is -2.69. The Labute approximate surface area is 122 Å². The van der Waals surface area contributed by atoms with Crippen molar-refractivity contribution >= 4 is 17.5 Å². The van der Waals surface area contributed by atoms with E-state index in [0.717, 1.165) is 13.0 Å². The summed E-state index contributed by atoms with van der Waals surface area (Å²) in [5, 5.41) is 3.36. The predicted octanol–water partition coefficient (Wildman–Crippen LogP) is 0.950. The standard InChI is InChI=1S/C14H17ClN2O3/c15-9-3-1-2-4-10(9)20-7-11(18)17-13-12(16)8-5-6-19-14(8)13/h1-4,8,12-14H,5-7,16H2,(H,17,18)/t8-,12+,13-,14-/m1/s1. The van der Waals surface area contributed by atoms with Crippen LogP contribution in [-0.4, -0.2) is 37.3 Å². The summed E-state index contributed by atoms with van der Waals surface area (Å²) < 4.78 is 11.0. The average Bonchev–Trinajstić information content (AvgIpc) is 2.88. The number of halogens is 1. The van der Waals surface area contributed by atoms with Gasteiger partial charge in [-0.25, -0.2) is 0 Å². The third-order valence-electron chi connectivity index (χ3n) is 3.97. The van der Waals surface area contributed by atoms with Crippen molar-refractivity contribution < 1.29 is 14.3 Å². The molecule has 6 heteroatoms. The molecular formula is C14H17ClN2O3. The summed E-state index contributed by atoms with van der Waals surface area (Å²) in [6, 6.07) is 6.92. The number of para-hydroxylation sites is 1. The number of carbonyl (C=O) groups is 1. The van der Waals surface area contributed by atoms with Crippen molar-refractivity contribution in [2.75, 3.05) is 13.2 Å². The van der Waals surface area contributed by atoms with Gasteiger partial charge in [-0.1, -0.05) is 23.7 Å². The summed E-state index contributed by atoms with van der Waals surface area (Å²) in [6.45, 7) is 0.649. The second kappa shape index (κ2) is 5.60. The van der Waals surface area contributed by atoms with E-state index in [9.17, 15) is 4.79 Å². The molecule has 3 N–H and O–H groups in total. The van der Waals surface area contributed by atoms with Crippen LogP contribution in [0, 0.1) is 5.92 Å². The molecule has 108 valence electrons. The van der Waals surface area contributed by atoms with Crippen LogP contribution < -0.4 is 15.8 Å². The first-order valence-corrected chi connectivity index (χ1v) is 7.08. The third kappa shape index (κ3) is 2.49. The van der Waals surface area contributed by atoms with E-state index in [1.54, 1.807) is 24.3 Å². The number of ether oxygens (including phenoxy) is 2. The highest BCUT2D eigenvalue weighted by Gasteiger charge is 2.52. The molecule has 0 aromatic heterocycles. The van der Waals surface area contributed by atoms with Crippen LogP contribution in [0.15, 0.2) is 24.3 Å². The number of amides is 1. The molecule has 1 aromatic rings. The van der Waals surface area contributed by atoms with E-state index >= 15 is 0 Å². The maximum absolute atomic E-state index is 11.9. The molecule has 4 atom stereocenters.